The van der Waals surface area contributed by atoms with Crippen molar-refractivity contribution in [3.8, 4) is 5.75 Å². The summed E-state index contributed by atoms with van der Waals surface area (Å²) in [6.45, 7) is 4.43. The molecular weight excluding hydrogens is 266 g/mol. The van der Waals surface area contributed by atoms with Crippen LogP contribution in [0.4, 0.5) is 5.69 Å². The molecule has 1 aromatic heterocycles. The van der Waals surface area contributed by atoms with E-state index in [0.29, 0.717) is 12.3 Å². The molecule has 0 aliphatic heterocycles. The van der Waals surface area contributed by atoms with Crippen LogP contribution in [0.2, 0.25) is 5.22 Å². The van der Waals surface area contributed by atoms with Crippen LogP contribution in [0.15, 0.2) is 34.7 Å². The summed E-state index contributed by atoms with van der Waals surface area (Å²) in [6.07, 6.45) is 0. The number of ether oxygens (including phenoxy) is 1. The molecular formula is C14H14ClNO3. The molecule has 0 atom stereocenters. The van der Waals surface area contributed by atoms with E-state index in [-0.39, 0.29) is 16.9 Å². The molecule has 1 heterocycles. The first kappa shape index (κ1) is 13.5. The van der Waals surface area contributed by atoms with Gasteiger partial charge in [-0.25, -0.2) is 0 Å². The second kappa shape index (κ2) is 5.80. The number of hydrogen-bond donors (Lipinski definition) is 1. The maximum absolute atomic E-state index is 11.9. The maximum Gasteiger partial charge on any atom is 0.291 e. The number of carbonyl (C=O) groups excluding carboxylic acids is 1. The lowest BCUT2D eigenvalue weighted by molar-refractivity contribution is 0.0996. The van der Waals surface area contributed by atoms with Gasteiger partial charge in [-0.1, -0.05) is 0 Å². The third-order valence-electron chi connectivity index (χ3n) is 2.55. The highest BCUT2D eigenvalue weighted by atomic mass is 35.5. The molecule has 1 N–H and O–H groups in total. The third kappa shape index (κ3) is 3.29. The minimum absolute atomic E-state index is 0.179. The number of halogens is 1. The van der Waals surface area contributed by atoms with Crippen LogP contribution in [0.3, 0.4) is 0 Å². The van der Waals surface area contributed by atoms with E-state index < -0.39 is 0 Å². The van der Waals surface area contributed by atoms with Crippen LogP contribution in [0.25, 0.3) is 0 Å². The number of amides is 1. The number of carbonyl (C=O) groups is 1. The van der Waals surface area contributed by atoms with Crippen molar-refractivity contribution in [3.05, 3.63) is 46.9 Å². The summed E-state index contributed by atoms with van der Waals surface area (Å²) in [5.74, 6) is 0.622. The van der Waals surface area contributed by atoms with E-state index in [2.05, 4.69) is 5.32 Å². The number of nitrogens with one attached hydrogen (secondary N) is 1. The fraction of sp³-hybridized carbons (Fsp3) is 0.214. The molecule has 0 aliphatic rings. The molecule has 100 valence electrons. The summed E-state index contributed by atoms with van der Waals surface area (Å²) in [5.41, 5.74) is 1.62. The van der Waals surface area contributed by atoms with Crippen LogP contribution in [-0.4, -0.2) is 12.5 Å². The molecule has 0 saturated carbocycles. The van der Waals surface area contributed by atoms with Gasteiger partial charge in [-0.3, -0.25) is 4.79 Å². The van der Waals surface area contributed by atoms with Crippen molar-refractivity contribution >= 4 is 23.2 Å². The van der Waals surface area contributed by atoms with E-state index in [1.807, 2.05) is 19.9 Å². The maximum atomic E-state index is 11.9. The van der Waals surface area contributed by atoms with Crippen molar-refractivity contribution in [2.75, 3.05) is 11.9 Å². The van der Waals surface area contributed by atoms with Crippen LogP contribution in [0, 0.1) is 6.92 Å². The summed E-state index contributed by atoms with van der Waals surface area (Å²) in [7, 11) is 0. The molecule has 4 nitrogen and oxygen atoms in total. The zero-order valence-electron chi connectivity index (χ0n) is 10.7. The molecule has 2 aromatic rings. The van der Waals surface area contributed by atoms with Crippen molar-refractivity contribution < 1.29 is 13.9 Å². The molecule has 0 bridgehead atoms. The van der Waals surface area contributed by atoms with Crippen LogP contribution >= 0.6 is 11.6 Å². The first-order valence-corrected chi connectivity index (χ1v) is 6.28. The molecule has 0 unspecified atom stereocenters. The Morgan fingerprint density at radius 1 is 1.37 bits per heavy atom. The fourth-order valence-electron chi connectivity index (χ4n) is 1.65. The monoisotopic (exact) mass is 279 g/mol. The lowest BCUT2D eigenvalue weighted by Gasteiger charge is -2.09. The van der Waals surface area contributed by atoms with Crippen molar-refractivity contribution in [1.82, 2.24) is 0 Å². The van der Waals surface area contributed by atoms with Gasteiger partial charge in [0.05, 0.1) is 6.61 Å². The predicted octanol–water partition coefficient (Wildman–Crippen LogP) is 3.89. The van der Waals surface area contributed by atoms with Crippen molar-refractivity contribution in [3.63, 3.8) is 0 Å². The Bertz CT molecular complexity index is 592. The van der Waals surface area contributed by atoms with Gasteiger partial charge < -0.3 is 14.5 Å². The van der Waals surface area contributed by atoms with Crippen LogP contribution in [-0.2, 0) is 0 Å². The Hall–Kier alpha value is -1.94. The highest BCUT2D eigenvalue weighted by Gasteiger charge is 2.12. The molecule has 1 amide bonds. The minimum Gasteiger partial charge on any atom is -0.494 e. The molecule has 2 rings (SSSR count). The third-order valence-corrected chi connectivity index (χ3v) is 2.76. The molecule has 0 aliphatic carbocycles. The zero-order chi connectivity index (χ0) is 13.8. The molecule has 5 heteroatoms. The smallest absolute Gasteiger partial charge is 0.291 e. The van der Waals surface area contributed by atoms with Crippen LogP contribution in [0.1, 0.15) is 23.0 Å². The quantitative estimate of drug-likeness (QED) is 0.924. The standard InChI is InChI=1S/C14H14ClNO3/c1-3-18-10-4-5-11(9(2)8-10)16-14(17)12-6-7-13(15)19-12/h4-8H,3H2,1-2H3,(H,16,17). The topological polar surface area (TPSA) is 51.5 Å². The van der Waals surface area contributed by atoms with Gasteiger partial charge >= 0.3 is 0 Å². The minimum atomic E-state index is -0.334. The highest BCUT2D eigenvalue weighted by molar-refractivity contribution is 6.29. The fourth-order valence-corrected chi connectivity index (χ4v) is 1.80. The number of anilines is 1. The molecule has 19 heavy (non-hydrogen) atoms. The number of hydrogen-bond acceptors (Lipinski definition) is 3. The van der Waals surface area contributed by atoms with Gasteiger partial charge in [0, 0.05) is 5.69 Å². The van der Waals surface area contributed by atoms with E-state index >= 15 is 0 Å². The Kier molecular flexibility index (Phi) is 4.12. The average molecular weight is 280 g/mol. The Morgan fingerprint density at radius 2 is 2.16 bits per heavy atom. The van der Waals surface area contributed by atoms with Crippen LogP contribution in [0.5, 0.6) is 5.75 Å². The van der Waals surface area contributed by atoms with E-state index in [4.69, 9.17) is 20.8 Å². The molecule has 0 radical (unpaired) electrons. The van der Waals surface area contributed by atoms with E-state index in [9.17, 15) is 4.79 Å². The van der Waals surface area contributed by atoms with Gasteiger partial charge in [0.2, 0.25) is 0 Å². The van der Waals surface area contributed by atoms with Gasteiger partial charge in [-0.2, -0.15) is 0 Å². The molecule has 1 aromatic carbocycles. The van der Waals surface area contributed by atoms with E-state index in [1.165, 1.54) is 12.1 Å². The lowest BCUT2D eigenvalue weighted by atomic mass is 10.2. The highest BCUT2D eigenvalue weighted by Crippen LogP contribution is 2.22. The summed E-state index contributed by atoms with van der Waals surface area (Å²) in [6, 6.07) is 8.53. The Labute approximate surface area is 116 Å². The lowest BCUT2D eigenvalue weighted by Crippen LogP contribution is -2.11. The normalized spacial score (nSPS) is 10.3. The van der Waals surface area contributed by atoms with Gasteiger partial charge in [0.25, 0.3) is 5.91 Å². The van der Waals surface area contributed by atoms with Gasteiger partial charge in [-0.15, -0.1) is 0 Å². The Balaban J connectivity index is 2.13. The molecule has 0 fully saturated rings. The van der Waals surface area contributed by atoms with E-state index in [0.717, 1.165) is 11.3 Å². The van der Waals surface area contributed by atoms with E-state index in [1.54, 1.807) is 12.1 Å². The van der Waals surface area contributed by atoms with Crippen molar-refractivity contribution in [1.29, 1.82) is 0 Å². The first-order valence-electron chi connectivity index (χ1n) is 5.90. The van der Waals surface area contributed by atoms with Crippen LogP contribution < -0.4 is 10.1 Å². The zero-order valence-corrected chi connectivity index (χ0v) is 11.5. The molecule has 0 saturated heterocycles. The average Bonchev–Trinajstić information content (AvgIpc) is 2.80. The Morgan fingerprint density at radius 3 is 2.74 bits per heavy atom. The largest absolute Gasteiger partial charge is 0.494 e. The number of benzene rings is 1. The second-order valence-corrected chi connectivity index (χ2v) is 4.34. The first-order chi connectivity index (χ1) is 9.10. The molecule has 0 spiro atoms. The van der Waals surface area contributed by atoms with Crippen molar-refractivity contribution in [2.45, 2.75) is 13.8 Å². The number of rotatable bonds is 4. The van der Waals surface area contributed by atoms with Gasteiger partial charge in [-0.05, 0) is 61.3 Å². The second-order valence-electron chi connectivity index (χ2n) is 3.97. The summed E-state index contributed by atoms with van der Waals surface area (Å²) in [4.78, 5) is 11.9. The SMILES string of the molecule is CCOc1ccc(NC(=O)c2ccc(Cl)o2)c(C)c1. The summed E-state index contributed by atoms with van der Waals surface area (Å²) < 4.78 is 10.4. The van der Waals surface area contributed by atoms with Crippen molar-refractivity contribution in [2.24, 2.45) is 0 Å². The van der Waals surface area contributed by atoms with Gasteiger partial charge in [0.1, 0.15) is 5.75 Å². The predicted molar refractivity (Wildman–Crippen MR) is 74.0 cm³/mol. The summed E-state index contributed by atoms with van der Waals surface area (Å²) >= 11 is 5.63. The van der Waals surface area contributed by atoms with Gasteiger partial charge in [0.15, 0.2) is 11.0 Å². The summed E-state index contributed by atoms with van der Waals surface area (Å²) in [5, 5.41) is 2.95. The number of aryl methyl sites for hydroxylation is 1. The number of furan rings is 1.